The molecule has 3 rings (SSSR count). The van der Waals surface area contributed by atoms with E-state index in [2.05, 4.69) is 24.0 Å². The van der Waals surface area contributed by atoms with E-state index in [0.717, 1.165) is 17.9 Å². The number of pyridine rings is 1. The summed E-state index contributed by atoms with van der Waals surface area (Å²) in [6.07, 6.45) is 1.83. The van der Waals surface area contributed by atoms with E-state index in [1.807, 2.05) is 18.3 Å². The van der Waals surface area contributed by atoms with Crippen molar-refractivity contribution in [1.82, 2.24) is 4.98 Å². The van der Waals surface area contributed by atoms with Crippen molar-refractivity contribution in [3.05, 3.63) is 36.0 Å². The van der Waals surface area contributed by atoms with Gasteiger partial charge in [0.15, 0.2) is 0 Å². The maximum atomic E-state index is 5.56. The summed E-state index contributed by atoms with van der Waals surface area (Å²) in [6.45, 7) is 2.98. The fraction of sp³-hybridized carbons (Fsp3) is 0.250. The highest BCUT2D eigenvalue weighted by Crippen LogP contribution is 2.37. The maximum Gasteiger partial charge on any atom is 0.141 e. The number of benzene rings is 1. The molecule has 1 aliphatic heterocycles. The molecule has 0 N–H and O–H groups in total. The minimum Gasteiger partial charge on any atom is -0.491 e. The van der Waals surface area contributed by atoms with E-state index in [-0.39, 0.29) is 0 Å². The Morgan fingerprint density at radius 3 is 3.14 bits per heavy atom. The van der Waals surface area contributed by atoms with Crippen molar-refractivity contribution in [2.24, 2.45) is 0 Å². The van der Waals surface area contributed by atoms with Crippen LogP contribution in [0.2, 0.25) is 0 Å². The first kappa shape index (κ1) is 7.80. The molecule has 0 amide bonds. The number of hydrogen-bond donors (Lipinski definition) is 0. The minimum absolute atomic E-state index is 0.484. The van der Waals surface area contributed by atoms with Gasteiger partial charge in [0.05, 0.1) is 18.3 Å². The normalized spacial score (nSPS) is 19.4. The highest BCUT2D eigenvalue weighted by Gasteiger charge is 2.22. The first-order valence-corrected chi connectivity index (χ1v) is 4.86. The van der Waals surface area contributed by atoms with Gasteiger partial charge in [-0.05, 0) is 6.07 Å². The largest absolute Gasteiger partial charge is 0.491 e. The molecule has 0 bridgehead atoms. The molecule has 1 aliphatic rings. The summed E-state index contributed by atoms with van der Waals surface area (Å²) >= 11 is 0. The number of para-hydroxylation sites is 1. The van der Waals surface area contributed by atoms with Crippen molar-refractivity contribution < 1.29 is 4.74 Å². The lowest BCUT2D eigenvalue weighted by Crippen LogP contribution is -1.94. The van der Waals surface area contributed by atoms with Crippen molar-refractivity contribution in [3.8, 4) is 5.75 Å². The van der Waals surface area contributed by atoms with Crippen LogP contribution in [0.3, 0.4) is 0 Å². The van der Waals surface area contributed by atoms with Crippen molar-refractivity contribution >= 4 is 10.9 Å². The van der Waals surface area contributed by atoms with Gasteiger partial charge in [-0.25, -0.2) is 0 Å². The van der Waals surface area contributed by atoms with Crippen molar-refractivity contribution in [3.63, 3.8) is 0 Å². The fourth-order valence-electron chi connectivity index (χ4n) is 2.07. The first-order chi connectivity index (χ1) is 6.86. The van der Waals surface area contributed by atoms with Crippen LogP contribution in [0.1, 0.15) is 18.4 Å². The zero-order chi connectivity index (χ0) is 9.54. The van der Waals surface area contributed by atoms with Crippen LogP contribution in [0.15, 0.2) is 30.5 Å². The molecule has 0 fully saturated rings. The number of rotatable bonds is 0. The average Bonchev–Trinajstić information content (AvgIpc) is 2.61. The summed E-state index contributed by atoms with van der Waals surface area (Å²) in [4.78, 5) is 4.36. The van der Waals surface area contributed by atoms with Gasteiger partial charge in [0, 0.05) is 16.9 Å². The van der Waals surface area contributed by atoms with Crippen LogP contribution in [-0.2, 0) is 0 Å². The average molecular weight is 185 g/mol. The van der Waals surface area contributed by atoms with Gasteiger partial charge in [0.25, 0.3) is 0 Å². The van der Waals surface area contributed by atoms with Crippen LogP contribution >= 0.6 is 0 Å². The van der Waals surface area contributed by atoms with Gasteiger partial charge < -0.3 is 4.74 Å². The lowest BCUT2D eigenvalue weighted by Gasteiger charge is -2.04. The molecule has 1 atom stereocenters. The molecule has 0 saturated heterocycles. The third-order valence-corrected chi connectivity index (χ3v) is 2.76. The summed E-state index contributed by atoms with van der Waals surface area (Å²) in [5.41, 5.74) is 2.37. The Kier molecular flexibility index (Phi) is 1.51. The predicted molar refractivity (Wildman–Crippen MR) is 55.7 cm³/mol. The molecule has 70 valence electrons. The molecule has 0 spiro atoms. The lowest BCUT2D eigenvalue weighted by molar-refractivity contribution is 0.336. The molecule has 0 saturated carbocycles. The summed E-state index contributed by atoms with van der Waals surface area (Å²) in [5.74, 6) is 1.44. The summed E-state index contributed by atoms with van der Waals surface area (Å²) in [5, 5.41) is 1.23. The highest BCUT2D eigenvalue weighted by atomic mass is 16.5. The molecule has 0 aliphatic carbocycles. The number of hydrogen-bond acceptors (Lipinski definition) is 2. The zero-order valence-corrected chi connectivity index (χ0v) is 8.03. The maximum absolute atomic E-state index is 5.56. The van der Waals surface area contributed by atoms with Crippen molar-refractivity contribution in [1.29, 1.82) is 0 Å². The molecule has 2 heteroatoms. The summed E-state index contributed by atoms with van der Waals surface area (Å²) in [6, 6.07) is 8.23. The molecule has 14 heavy (non-hydrogen) atoms. The Morgan fingerprint density at radius 2 is 2.21 bits per heavy atom. The van der Waals surface area contributed by atoms with E-state index >= 15 is 0 Å². The van der Waals surface area contributed by atoms with Crippen LogP contribution in [0.25, 0.3) is 10.9 Å². The van der Waals surface area contributed by atoms with Crippen LogP contribution in [-0.4, -0.2) is 11.6 Å². The number of aromatic nitrogens is 1. The molecule has 2 nitrogen and oxygen atoms in total. The van der Waals surface area contributed by atoms with E-state index in [0.29, 0.717) is 5.92 Å². The van der Waals surface area contributed by atoms with Crippen LogP contribution in [0, 0.1) is 0 Å². The summed E-state index contributed by atoms with van der Waals surface area (Å²) in [7, 11) is 0. The van der Waals surface area contributed by atoms with Gasteiger partial charge in [-0.3, -0.25) is 4.98 Å². The topological polar surface area (TPSA) is 22.1 Å². The van der Waals surface area contributed by atoms with E-state index in [1.165, 1.54) is 10.9 Å². The second kappa shape index (κ2) is 2.71. The Balaban J connectivity index is 2.41. The third-order valence-electron chi connectivity index (χ3n) is 2.76. The smallest absolute Gasteiger partial charge is 0.141 e. The molecule has 0 radical (unpaired) electrons. The Hall–Kier alpha value is -1.57. The van der Waals surface area contributed by atoms with Crippen molar-refractivity contribution in [2.75, 3.05) is 6.61 Å². The number of nitrogens with zero attached hydrogens (tertiary/aromatic N) is 1. The van der Waals surface area contributed by atoms with Gasteiger partial charge in [-0.1, -0.05) is 25.1 Å². The van der Waals surface area contributed by atoms with Gasteiger partial charge in [-0.2, -0.15) is 0 Å². The van der Waals surface area contributed by atoms with Gasteiger partial charge in [-0.15, -0.1) is 0 Å². The van der Waals surface area contributed by atoms with E-state index in [4.69, 9.17) is 4.74 Å². The predicted octanol–water partition coefficient (Wildman–Crippen LogP) is 2.73. The Morgan fingerprint density at radius 1 is 1.36 bits per heavy atom. The third kappa shape index (κ3) is 0.939. The number of ether oxygens (including phenoxy) is 1. The molecule has 2 aromatic rings. The molecular weight excluding hydrogens is 174 g/mol. The van der Waals surface area contributed by atoms with Gasteiger partial charge >= 0.3 is 0 Å². The first-order valence-electron chi connectivity index (χ1n) is 4.86. The van der Waals surface area contributed by atoms with E-state index < -0.39 is 0 Å². The Bertz CT molecular complexity index is 493. The van der Waals surface area contributed by atoms with Crippen molar-refractivity contribution in [2.45, 2.75) is 12.8 Å². The molecule has 2 heterocycles. The Labute approximate surface area is 82.5 Å². The van der Waals surface area contributed by atoms with Crippen LogP contribution in [0.5, 0.6) is 5.75 Å². The summed E-state index contributed by atoms with van der Waals surface area (Å²) < 4.78 is 5.56. The van der Waals surface area contributed by atoms with Gasteiger partial charge in [0.2, 0.25) is 0 Å². The van der Waals surface area contributed by atoms with Crippen LogP contribution < -0.4 is 4.74 Å². The zero-order valence-electron chi connectivity index (χ0n) is 8.03. The second-order valence-electron chi connectivity index (χ2n) is 3.77. The highest BCUT2D eigenvalue weighted by molar-refractivity contribution is 5.85. The SMILES string of the molecule is CC1COc2cnc3ccccc3c21. The fourth-order valence-corrected chi connectivity index (χ4v) is 2.07. The minimum atomic E-state index is 0.484. The van der Waals surface area contributed by atoms with Crippen LogP contribution in [0.4, 0.5) is 0 Å². The second-order valence-corrected chi connectivity index (χ2v) is 3.77. The van der Waals surface area contributed by atoms with E-state index in [9.17, 15) is 0 Å². The monoisotopic (exact) mass is 185 g/mol. The molecule has 1 aromatic carbocycles. The van der Waals surface area contributed by atoms with Gasteiger partial charge in [0.1, 0.15) is 5.75 Å². The standard InChI is InChI=1S/C12H11NO/c1-8-7-14-11-6-13-10-5-3-2-4-9(10)12(8)11/h2-6,8H,7H2,1H3. The molecule has 1 aromatic heterocycles. The lowest BCUT2D eigenvalue weighted by atomic mass is 9.99. The number of fused-ring (bicyclic) bond motifs is 3. The molecular formula is C12H11NO. The quantitative estimate of drug-likeness (QED) is 0.629. The van der Waals surface area contributed by atoms with E-state index in [1.54, 1.807) is 0 Å². The molecule has 1 unspecified atom stereocenters.